The monoisotopic (exact) mass is 286 g/mol. The van der Waals surface area contributed by atoms with Gasteiger partial charge in [0.2, 0.25) is 0 Å². The number of halogens is 2. The van der Waals surface area contributed by atoms with Gasteiger partial charge in [-0.3, -0.25) is 4.57 Å². The smallest absolute Gasteiger partial charge is 0.152 e. The fraction of sp³-hybridized carbons (Fsp3) is 0. The number of terminal acetylenes is 1. The van der Waals surface area contributed by atoms with Gasteiger partial charge < -0.3 is 0 Å². The SMILES string of the molecule is C#Cn1c(-c2ccc(Cl)cc2)nc2ccc(Cl)cc21. The van der Waals surface area contributed by atoms with Crippen LogP contribution in [0.1, 0.15) is 0 Å². The van der Waals surface area contributed by atoms with Crippen LogP contribution in [0.3, 0.4) is 0 Å². The third-order valence-corrected chi connectivity index (χ3v) is 3.34. The summed E-state index contributed by atoms with van der Waals surface area (Å²) in [5, 5.41) is 1.31. The molecule has 1 aromatic heterocycles. The second-order valence-electron chi connectivity index (χ2n) is 4.04. The van der Waals surface area contributed by atoms with Crippen molar-refractivity contribution in [3.63, 3.8) is 0 Å². The average Bonchev–Trinajstić information content (AvgIpc) is 2.77. The van der Waals surface area contributed by atoms with Crippen LogP contribution in [0.4, 0.5) is 0 Å². The van der Waals surface area contributed by atoms with Crippen LogP contribution in [0, 0.1) is 12.5 Å². The van der Waals surface area contributed by atoms with E-state index in [1.807, 2.05) is 36.4 Å². The summed E-state index contributed by atoms with van der Waals surface area (Å²) >= 11 is 11.9. The average molecular weight is 287 g/mol. The fourth-order valence-corrected chi connectivity index (χ4v) is 2.26. The van der Waals surface area contributed by atoms with Crippen molar-refractivity contribution in [3.8, 4) is 23.9 Å². The molecule has 2 nitrogen and oxygen atoms in total. The zero-order valence-corrected chi connectivity index (χ0v) is 11.3. The van der Waals surface area contributed by atoms with Gasteiger partial charge in [-0.2, -0.15) is 0 Å². The highest BCUT2D eigenvalue weighted by atomic mass is 35.5. The van der Waals surface area contributed by atoms with Crippen molar-refractivity contribution in [1.29, 1.82) is 0 Å². The molecule has 0 N–H and O–H groups in total. The number of hydrogen-bond acceptors (Lipinski definition) is 1. The first-order chi connectivity index (χ1) is 9.19. The summed E-state index contributed by atoms with van der Waals surface area (Å²) in [6.45, 7) is 0. The van der Waals surface area contributed by atoms with E-state index >= 15 is 0 Å². The topological polar surface area (TPSA) is 17.8 Å². The van der Waals surface area contributed by atoms with Crippen LogP contribution in [0.25, 0.3) is 22.4 Å². The Balaban J connectivity index is 2.29. The van der Waals surface area contributed by atoms with Crippen LogP contribution in [-0.4, -0.2) is 9.55 Å². The van der Waals surface area contributed by atoms with Crippen molar-refractivity contribution in [2.24, 2.45) is 0 Å². The molecule has 3 rings (SSSR count). The van der Waals surface area contributed by atoms with Crippen LogP contribution < -0.4 is 0 Å². The van der Waals surface area contributed by atoms with Crippen LogP contribution in [-0.2, 0) is 0 Å². The van der Waals surface area contributed by atoms with Crippen molar-refractivity contribution >= 4 is 34.2 Å². The number of rotatable bonds is 1. The third-order valence-electron chi connectivity index (χ3n) is 2.85. The van der Waals surface area contributed by atoms with Gasteiger partial charge in [-0.15, -0.1) is 0 Å². The van der Waals surface area contributed by atoms with Crippen molar-refractivity contribution in [3.05, 3.63) is 52.5 Å². The largest absolute Gasteiger partial charge is 0.250 e. The molecule has 1 heterocycles. The van der Waals surface area contributed by atoms with Crippen LogP contribution in [0.2, 0.25) is 10.0 Å². The second kappa shape index (κ2) is 4.62. The molecule has 0 saturated heterocycles. The zero-order valence-electron chi connectivity index (χ0n) is 9.77. The number of hydrogen-bond donors (Lipinski definition) is 0. The van der Waals surface area contributed by atoms with E-state index < -0.39 is 0 Å². The molecular formula is C15H8Cl2N2. The van der Waals surface area contributed by atoms with Crippen molar-refractivity contribution in [2.75, 3.05) is 0 Å². The van der Waals surface area contributed by atoms with Gasteiger partial charge in [-0.25, -0.2) is 4.98 Å². The highest BCUT2D eigenvalue weighted by Gasteiger charge is 2.11. The molecule has 0 unspecified atom stereocenters. The maximum atomic E-state index is 6.00. The molecule has 0 spiro atoms. The van der Waals surface area contributed by atoms with Crippen molar-refractivity contribution < 1.29 is 0 Å². The predicted molar refractivity (Wildman–Crippen MR) is 79.4 cm³/mol. The Bertz CT molecular complexity index is 795. The lowest BCUT2D eigenvalue weighted by atomic mass is 10.2. The number of imidazole rings is 1. The van der Waals surface area contributed by atoms with E-state index in [1.165, 1.54) is 0 Å². The molecule has 0 atom stereocenters. The summed E-state index contributed by atoms with van der Waals surface area (Å²) in [7, 11) is 0. The lowest BCUT2D eigenvalue weighted by molar-refractivity contribution is 1.16. The standard InChI is InChI=1S/C15H8Cl2N2/c1-2-19-14-9-12(17)7-8-13(14)18-15(19)10-3-5-11(16)6-4-10/h1,3-9H. The first kappa shape index (κ1) is 12.1. The highest BCUT2D eigenvalue weighted by molar-refractivity contribution is 6.31. The van der Waals surface area contributed by atoms with Crippen molar-refractivity contribution in [2.45, 2.75) is 0 Å². The van der Waals surface area contributed by atoms with E-state index in [4.69, 9.17) is 29.6 Å². The molecule has 0 bridgehead atoms. The quantitative estimate of drug-likeness (QED) is 0.605. The Morgan fingerprint density at radius 1 is 1.00 bits per heavy atom. The van der Waals surface area contributed by atoms with Gasteiger partial charge in [0.15, 0.2) is 5.82 Å². The Hall–Kier alpha value is -1.95. The highest BCUT2D eigenvalue weighted by Crippen LogP contribution is 2.26. The number of nitrogens with zero attached hydrogens (tertiary/aromatic N) is 2. The summed E-state index contributed by atoms with van der Waals surface area (Å²) in [6, 6.07) is 15.5. The predicted octanol–water partition coefficient (Wildman–Crippen LogP) is 4.45. The molecule has 4 heteroatoms. The van der Waals surface area contributed by atoms with Gasteiger partial charge >= 0.3 is 0 Å². The van der Waals surface area contributed by atoms with Crippen LogP contribution in [0.5, 0.6) is 0 Å². The molecule has 0 aliphatic heterocycles. The maximum absolute atomic E-state index is 6.00. The molecule has 0 aliphatic rings. The third kappa shape index (κ3) is 2.08. The summed E-state index contributed by atoms with van der Waals surface area (Å²) < 4.78 is 1.68. The molecule has 0 saturated carbocycles. The van der Waals surface area contributed by atoms with Gasteiger partial charge in [0.05, 0.1) is 11.0 Å². The van der Waals surface area contributed by atoms with Crippen molar-refractivity contribution in [1.82, 2.24) is 9.55 Å². The first-order valence-corrected chi connectivity index (χ1v) is 6.35. The molecule has 19 heavy (non-hydrogen) atoms. The van der Waals surface area contributed by atoms with E-state index in [9.17, 15) is 0 Å². The molecule has 0 fully saturated rings. The number of benzene rings is 2. The zero-order chi connectivity index (χ0) is 13.4. The summed E-state index contributed by atoms with van der Waals surface area (Å²) in [5.41, 5.74) is 2.54. The number of aromatic nitrogens is 2. The Kier molecular flexibility index (Phi) is 2.94. The van der Waals surface area contributed by atoms with Gasteiger partial charge in [-0.1, -0.05) is 29.6 Å². The van der Waals surface area contributed by atoms with Gasteiger partial charge in [0, 0.05) is 21.7 Å². The molecule has 0 radical (unpaired) electrons. The van der Waals surface area contributed by atoms with Gasteiger partial charge in [0.25, 0.3) is 0 Å². The Morgan fingerprint density at radius 2 is 1.68 bits per heavy atom. The normalized spacial score (nSPS) is 10.6. The molecule has 92 valence electrons. The Morgan fingerprint density at radius 3 is 2.37 bits per heavy atom. The summed E-state index contributed by atoms with van der Waals surface area (Å²) in [5.74, 6) is 0.705. The lowest BCUT2D eigenvalue weighted by Gasteiger charge is -2.01. The molecule has 2 aromatic carbocycles. The van der Waals surface area contributed by atoms with E-state index in [0.29, 0.717) is 15.9 Å². The molecular weight excluding hydrogens is 279 g/mol. The second-order valence-corrected chi connectivity index (χ2v) is 4.91. The maximum Gasteiger partial charge on any atom is 0.152 e. The van der Waals surface area contributed by atoms with Gasteiger partial charge in [0.1, 0.15) is 0 Å². The van der Waals surface area contributed by atoms with E-state index in [0.717, 1.165) is 16.6 Å². The Labute approximate surface area is 120 Å². The minimum absolute atomic E-state index is 0.631. The lowest BCUT2D eigenvalue weighted by Crippen LogP contribution is -1.92. The summed E-state index contributed by atoms with van der Waals surface area (Å²) in [6.07, 6.45) is 5.58. The number of fused-ring (bicyclic) bond motifs is 1. The van der Waals surface area contributed by atoms with E-state index in [2.05, 4.69) is 11.0 Å². The van der Waals surface area contributed by atoms with Gasteiger partial charge in [-0.05, 0) is 42.5 Å². The minimum Gasteiger partial charge on any atom is -0.250 e. The minimum atomic E-state index is 0.631. The molecule has 3 aromatic rings. The fourth-order valence-electron chi connectivity index (χ4n) is 1.97. The van der Waals surface area contributed by atoms with E-state index in [1.54, 1.807) is 10.6 Å². The first-order valence-electron chi connectivity index (χ1n) is 5.59. The summed E-state index contributed by atoms with van der Waals surface area (Å²) in [4.78, 5) is 4.54. The molecule has 0 amide bonds. The van der Waals surface area contributed by atoms with Crippen LogP contribution in [0.15, 0.2) is 42.5 Å². The molecule has 0 aliphatic carbocycles. The van der Waals surface area contributed by atoms with Crippen LogP contribution >= 0.6 is 23.2 Å². The van der Waals surface area contributed by atoms with E-state index in [-0.39, 0.29) is 0 Å².